The lowest BCUT2D eigenvalue weighted by atomic mass is 9.96. The number of fused-ring (bicyclic) bond motifs is 3. The van der Waals surface area contributed by atoms with Crippen molar-refractivity contribution in [2.75, 3.05) is 62.2 Å². The summed E-state index contributed by atoms with van der Waals surface area (Å²) in [5.74, 6) is -0.326. The molecule has 3 saturated heterocycles. The summed E-state index contributed by atoms with van der Waals surface area (Å²) in [4.78, 5) is 32.4. The molecule has 4 aliphatic heterocycles. The molecular formula is C24H35N5O4S. The maximum Gasteiger partial charge on any atom is 0.250 e. The zero-order valence-corrected chi connectivity index (χ0v) is 20.6. The van der Waals surface area contributed by atoms with E-state index >= 15 is 0 Å². The minimum Gasteiger partial charge on any atom is -0.358 e. The number of likely N-dealkylation sites (tertiary alicyclic amines) is 1. The van der Waals surface area contributed by atoms with Crippen LogP contribution in [-0.2, 0) is 19.6 Å². The molecule has 0 saturated carbocycles. The maximum absolute atomic E-state index is 13.5. The fourth-order valence-corrected chi connectivity index (χ4v) is 7.24. The van der Waals surface area contributed by atoms with Gasteiger partial charge in [-0.25, -0.2) is 8.42 Å². The summed E-state index contributed by atoms with van der Waals surface area (Å²) in [6.07, 6.45) is 6.84. The van der Waals surface area contributed by atoms with Gasteiger partial charge in [-0.15, -0.1) is 0 Å². The Balaban J connectivity index is 1.39. The molecule has 4 aliphatic rings. The van der Waals surface area contributed by atoms with Crippen molar-refractivity contribution in [2.24, 2.45) is 0 Å². The number of hydrogen-bond donors (Lipinski definition) is 1. The van der Waals surface area contributed by atoms with Gasteiger partial charge in [-0.2, -0.15) is 4.31 Å². The lowest BCUT2D eigenvalue weighted by molar-refractivity contribution is -0.125. The second-order valence-electron chi connectivity index (χ2n) is 9.79. The van der Waals surface area contributed by atoms with Crippen molar-refractivity contribution in [3.8, 4) is 0 Å². The van der Waals surface area contributed by atoms with Gasteiger partial charge in [0.2, 0.25) is 21.8 Å². The van der Waals surface area contributed by atoms with Crippen LogP contribution in [0.15, 0.2) is 23.1 Å². The molecule has 1 N–H and O–H groups in total. The molecule has 5 rings (SSSR count). The molecule has 1 atom stereocenters. The topological polar surface area (TPSA) is 93.3 Å². The molecular weight excluding hydrogens is 454 g/mol. The first-order valence-electron chi connectivity index (χ1n) is 12.7. The van der Waals surface area contributed by atoms with Crippen LogP contribution in [0.5, 0.6) is 0 Å². The first kappa shape index (κ1) is 23.6. The predicted octanol–water partition coefficient (Wildman–Crippen LogP) is 1.39. The van der Waals surface area contributed by atoms with Crippen LogP contribution in [0.3, 0.4) is 0 Å². The molecule has 1 aromatic carbocycles. The molecule has 9 nitrogen and oxygen atoms in total. The Kier molecular flexibility index (Phi) is 6.81. The number of carbonyl (C=O) groups is 2. The van der Waals surface area contributed by atoms with Gasteiger partial charge in [-0.1, -0.05) is 0 Å². The molecule has 0 aromatic heterocycles. The summed E-state index contributed by atoms with van der Waals surface area (Å²) in [7, 11) is -3.62. The second-order valence-corrected chi connectivity index (χ2v) is 11.7. The minimum atomic E-state index is -3.62. The van der Waals surface area contributed by atoms with Crippen LogP contribution in [0, 0.1) is 0 Å². The SMILES string of the molecule is O=C(CN1C(=O)C2CCCCN2c2ccc(S(=O)(=O)N3CCCC3)cc21)NCCN1CCCC1. The van der Waals surface area contributed by atoms with Gasteiger partial charge < -0.3 is 15.1 Å². The van der Waals surface area contributed by atoms with E-state index in [0.29, 0.717) is 25.3 Å². The van der Waals surface area contributed by atoms with Crippen molar-refractivity contribution in [1.29, 1.82) is 0 Å². The first-order valence-corrected chi connectivity index (χ1v) is 14.1. The summed E-state index contributed by atoms with van der Waals surface area (Å²) in [5.41, 5.74) is 1.37. The molecule has 0 bridgehead atoms. The Labute approximate surface area is 202 Å². The number of nitrogens with zero attached hydrogens (tertiary/aromatic N) is 4. The van der Waals surface area contributed by atoms with Crippen molar-refractivity contribution in [3.63, 3.8) is 0 Å². The highest BCUT2D eigenvalue weighted by atomic mass is 32.2. The van der Waals surface area contributed by atoms with Crippen molar-refractivity contribution in [1.82, 2.24) is 14.5 Å². The van der Waals surface area contributed by atoms with Crippen LogP contribution in [0.1, 0.15) is 44.9 Å². The van der Waals surface area contributed by atoms with E-state index in [1.807, 2.05) is 6.07 Å². The van der Waals surface area contributed by atoms with Crippen molar-refractivity contribution in [2.45, 2.75) is 55.9 Å². The van der Waals surface area contributed by atoms with E-state index in [-0.39, 0.29) is 29.3 Å². The summed E-state index contributed by atoms with van der Waals surface area (Å²) in [6, 6.07) is 4.78. The van der Waals surface area contributed by atoms with E-state index in [1.54, 1.807) is 12.1 Å². The lowest BCUT2D eigenvalue weighted by Gasteiger charge is -2.45. The van der Waals surface area contributed by atoms with E-state index < -0.39 is 10.0 Å². The average Bonchev–Trinajstić information content (AvgIpc) is 3.56. The lowest BCUT2D eigenvalue weighted by Crippen LogP contribution is -2.57. The fourth-order valence-electron chi connectivity index (χ4n) is 5.70. The molecule has 1 unspecified atom stereocenters. The van der Waals surface area contributed by atoms with Crippen LogP contribution in [0.2, 0.25) is 0 Å². The molecule has 0 spiro atoms. The van der Waals surface area contributed by atoms with Crippen LogP contribution in [0.4, 0.5) is 11.4 Å². The summed E-state index contributed by atoms with van der Waals surface area (Å²) in [5, 5.41) is 2.96. The molecule has 0 radical (unpaired) electrons. The number of amides is 2. The number of carbonyl (C=O) groups excluding carboxylic acids is 2. The van der Waals surface area contributed by atoms with Gasteiger partial charge in [0.15, 0.2) is 0 Å². The van der Waals surface area contributed by atoms with E-state index in [1.165, 1.54) is 22.0 Å². The molecule has 34 heavy (non-hydrogen) atoms. The van der Waals surface area contributed by atoms with Gasteiger partial charge in [0.05, 0.1) is 16.3 Å². The Bertz CT molecular complexity index is 1030. The normalized spacial score (nSPS) is 23.8. The highest BCUT2D eigenvalue weighted by Gasteiger charge is 2.41. The molecule has 10 heteroatoms. The number of rotatable bonds is 7. The molecule has 0 aliphatic carbocycles. The molecule has 3 fully saturated rings. The van der Waals surface area contributed by atoms with Crippen molar-refractivity contribution < 1.29 is 18.0 Å². The molecule has 4 heterocycles. The Morgan fingerprint density at radius 1 is 0.941 bits per heavy atom. The summed E-state index contributed by atoms with van der Waals surface area (Å²) >= 11 is 0. The Morgan fingerprint density at radius 2 is 1.65 bits per heavy atom. The molecule has 186 valence electrons. The van der Waals surface area contributed by atoms with E-state index in [9.17, 15) is 18.0 Å². The predicted molar refractivity (Wildman–Crippen MR) is 130 cm³/mol. The van der Waals surface area contributed by atoms with Gasteiger partial charge in [0, 0.05) is 32.7 Å². The average molecular weight is 490 g/mol. The van der Waals surface area contributed by atoms with Crippen LogP contribution < -0.4 is 15.1 Å². The van der Waals surface area contributed by atoms with E-state index in [0.717, 1.165) is 64.0 Å². The second kappa shape index (κ2) is 9.83. The van der Waals surface area contributed by atoms with E-state index in [4.69, 9.17) is 0 Å². The third kappa shape index (κ3) is 4.55. The monoisotopic (exact) mass is 489 g/mol. The number of nitrogens with one attached hydrogen (secondary N) is 1. The number of anilines is 2. The summed E-state index contributed by atoms with van der Waals surface area (Å²) in [6.45, 7) is 5.21. The standard InChI is InChI=1S/C24H35N5O4S/c30-23(25-10-16-26-11-3-4-12-26)18-29-22-17-19(34(32,33)27-13-5-6-14-27)8-9-20(22)28-15-2-1-7-21(28)24(29)31/h8-9,17,21H,1-7,10-16,18H2,(H,25,30). The van der Waals surface area contributed by atoms with Crippen LogP contribution in [0.25, 0.3) is 0 Å². The third-order valence-corrected chi connectivity index (χ3v) is 9.45. The maximum atomic E-state index is 13.5. The summed E-state index contributed by atoms with van der Waals surface area (Å²) < 4.78 is 27.9. The minimum absolute atomic E-state index is 0.0939. The van der Waals surface area contributed by atoms with Gasteiger partial charge >= 0.3 is 0 Å². The van der Waals surface area contributed by atoms with Gasteiger partial charge in [-0.05, 0) is 76.2 Å². The number of sulfonamides is 1. The van der Waals surface area contributed by atoms with Crippen molar-refractivity contribution >= 4 is 33.2 Å². The number of piperidine rings is 1. The van der Waals surface area contributed by atoms with Gasteiger partial charge in [-0.3, -0.25) is 14.5 Å². The smallest absolute Gasteiger partial charge is 0.250 e. The fraction of sp³-hybridized carbons (Fsp3) is 0.667. The van der Waals surface area contributed by atoms with Crippen molar-refractivity contribution in [3.05, 3.63) is 18.2 Å². The molecule has 1 aromatic rings. The highest BCUT2D eigenvalue weighted by molar-refractivity contribution is 7.89. The Hall–Kier alpha value is -2.17. The Morgan fingerprint density at radius 3 is 2.41 bits per heavy atom. The van der Waals surface area contributed by atoms with E-state index in [2.05, 4.69) is 15.1 Å². The van der Waals surface area contributed by atoms with Crippen LogP contribution >= 0.6 is 0 Å². The van der Waals surface area contributed by atoms with Gasteiger partial charge in [0.25, 0.3) is 0 Å². The largest absolute Gasteiger partial charge is 0.358 e. The zero-order chi connectivity index (χ0) is 23.7. The van der Waals surface area contributed by atoms with Crippen LogP contribution in [-0.4, -0.2) is 87.8 Å². The third-order valence-electron chi connectivity index (χ3n) is 7.55. The number of hydrogen-bond acceptors (Lipinski definition) is 6. The number of benzene rings is 1. The quantitative estimate of drug-likeness (QED) is 0.622. The highest BCUT2D eigenvalue weighted by Crippen LogP contribution is 2.41. The van der Waals surface area contributed by atoms with Gasteiger partial charge in [0.1, 0.15) is 12.6 Å². The molecule has 2 amide bonds. The zero-order valence-electron chi connectivity index (χ0n) is 19.7. The first-order chi connectivity index (χ1) is 16.4.